The highest BCUT2D eigenvalue weighted by Gasteiger charge is 2.50. The van der Waals surface area contributed by atoms with E-state index >= 15 is 0 Å². The number of carbonyl (C=O) groups is 1. The Morgan fingerprint density at radius 1 is 1.28 bits per heavy atom. The third kappa shape index (κ3) is 2.22. The van der Waals surface area contributed by atoms with Gasteiger partial charge in [0.1, 0.15) is 5.78 Å². The molecule has 2 unspecified atom stereocenters. The first-order chi connectivity index (χ1) is 8.68. The zero-order valence-corrected chi connectivity index (χ0v) is 11.4. The fourth-order valence-electron chi connectivity index (χ4n) is 2.93. The number of hydrogen-bond donors (Lipinski definition) is 1. The van der Waals surface area contributed by atoms with Crippen molar-refractivity contribution in [1.29, 1.82) is 0 Å². The van der Waals surface area contributed by atoms with Gasteiger partial charge in [0, 0.05) is 17.9 Å². The molecule has 2 nitrogen and oxygen atoms in total. The van der Waals surface area contributed by atoms with Gasteiger partial charge in [0.2, 0.25) is 0 Å². The van der Waals surface area contributed by atoms with Crippen LogP contribution in [0.2, 0.25) is 0 Å². The molecule has 0 aromatic heterocycles. The summed E-state index contributed by atoms with van der Waals surface area (Å²) in [7, 11) is 0. The van der Waals surface area contributed by atoms with E-state index in [2.05, 4.69) is 26.0 Å². The van der Waals surface area contributed by atoms with Gasteiger partial charge in [-0.05, 0) is 30.7 Å². The summed E-state index contributed by atoms with van der Waals surface area (Å²) in [5, 5.41) is 0. The number of benzene rings is 1. The minimum absolute atomic E-state index is 0.204. The molecule has 18 heavy (non-hydrogen) atoms. The van der Waals surface area contributed by atoms with E-state index in [1.807, 2.05) is 18.2 Å². The third-order valence-electron chi connectivity index (χ3n) is 4.62. The van der Waals surface area contributed by atoms with Gasteiger partial charge in [0.05, 0.1) is 0 Å². The maximum absolute atomic E-state index is 12.6. The molecule has 0 saturated heterocycles. The smallest absolute Gasteiger partial charge is 0.143 e. The molecule has 0 bridgehead atoms. The summed E-state index contributed by atoms with van der Waals surface area (Å²) < 4.78 is 0. The minimum atomic E-state index is -0.284. The third-order valence-corrected chi connectivity index (χ3v) is 4.62. The highest BCUT2D eigenvalue weighted by Crippen LogP contribution is 2.51. The summed E-state index contributed by atoms with van der Waals surface area (Å²) in [6.45, 7) is 4.64. The zero-order valence-electron chi connectivity index (χ0n) is 11.4. The molecule has 1 aromatic rings. The number of nitrogens with two attached hydrogens (primary N) is 1. The Labute approximate surface area is 110 Å². The fraction of sp³-hybridized carbons (Fsp3) is 0.562. The first-order valence-corrected chi connectivity index (χ1v) is 6.98. The van der Waals surface area contributed by atoms with Gasteiger partial charge in [0.25, 0.3) is 0 Å². The molecule has 2 atom stereocenters. The van der Waals surface area contributed by atoms with Gasteiger partial charge in [-0.2, -0.15) is 0 Å². The standard InChI is InChI=1S/C16H23NO/c1-3-16(4-2,11-17)15(18)14-10-13(14)12-8-6-5-7-9-12/h5-9,13-14H,3-4,10-11,17H2,1-2H3. The van der Waals surface area contributed by atoms with Gasteiger partial charge < -0.3 is 5.73 Å². The van der Waals surface area contributed by atoms with Gasteiger partial charge in [-0.15, -0.1) is 0 Å². The average Bonchev–Trinajstić information content (AvgIpc) is 3.22. The van der Waals surface area contributed by atoms with Crippen LogP contribution >= 0.6 is 0 Å². The van der Waals surface area contributed by atoms with Gasteiger partial charge >= 0.3 is 0 Å². The van der Waals surface area contributed by atoms with Gasteiger partial charge in [-0.3, -0.25) is 4.79 Å². The SMILES string of the molecule is CCC(CC)(CN)C(=O)C1CC1c1ccccc1. The average molecular weight is 245 g/mol. The summed E-state index contributed by atoms with van der Waals surface area (Å²) in [6, 6.07) is 10.4. The second-order valence-corrected chi connectivity index (χ2v) is 5.42. The number of rotatable bonds is 6. The molecule has 2 rings (SSSR count). The van der Waals surface area contributed by atoms with Crippen molar-refractivity contribution < 1.29 is 4.79 Å². The van der Waals surface area contributed by atoms with E-state index in [0.717, 1.165) is 19.3 Å². The Balaban J connectivity index is 2.09. The molecule has 1 fully saturated rings. The lowest BCUT2D eigenvalue weighted by atomic mass is 9.76. The van der Waals surface area contributed by atoms with Crippen LogP contribution in [0.3, 0.4) is 0 Å². The monoisotopic (exact) mass is 245 g/mol. The lowest BCUT2D eigenvalue weighted by Gasteiger charge is -2.28. The largest absolute Gasteiger partial charge is 0.329 e. The number of hydrogen-bond acceptors (Lipinski definition) is 2. The highest BCUT2D eigenvalue weighted by atomic mass is 16.1. The Morgan fingerprint density at radius 2 is 1.89 bits per heavy atom. The summed E-state index contributed by atoms with van der Waals surface area (Å²) in [5.41, 5.74) is 6.88. The molecular weight excluding hydrogens is 222 g/mol. The number of Topliss-reactive ketones (excluding diaryl/α,β-unsaturated/α-hetero) is 1. The van der Waals surface area contributed by atoms with Crippen molar-refractivity contribution in [3.8, 4) is 0 Å². The van der Waals surface area contributed by atoms with E-state index in [9.17, 15) is 4.79 Å². The summed E-state index contributed by atoms with van der Waals surface area (Å²) in [6.07, 6.45) is 2.72. The maximum atomic E-state index is 12.6. The molecule has 1 aromatic carbocycles. The van der Waals surface area contributed by atoms with Crippen molar-refractivity contribution in [2.45, 2.75) is 39.0 Å². The molecular formula is C16H23NO. The highest BCUT2D eigenvalue weighted by molar-refractivity contribution is 5.90. The van der Waals surface area contributed by atoms with Gasteiger partial charge in [0.15, 0.2) is 0 Å². The second-order valence-electron chi connectivity index (χ2n) is 5.42. The van der Waals surface area contributed by atoms with Crippen molar-refractivity contribution in [3.63, 3.8) is 0 Å². The predicted octanol–water partition coefficient (Wildman–Crippen LogP) is 3.12. The van der Waals surface area contributed by atoms with E-state index in [1.54, 1.807) is 0 Å². The predicted molar refractivity (Wildman–Crippen MR) is 74.4 cm³/mol. The van der Waals surface area contributed by atoms with E-state index in [4.69, 9.17) is 5.73 Å². The van der Waals surface area contributed by atoms with Crippen LogP contribution in [0.4, 0.5) is 0 Å². The molecule has 0 aliphatic heterocycles. The minimum Gasteiger partial charge on any atom is -0.329 e. The van der Waals surface area contributed by atoms with Crippen LogP contribution in [0.1, 0.15) is 44.6 Å². The molecule has 1 aliphatic carbocycles. The van der Waals surface area contributed by atoms with Crippen molar-refractivity contribution in [1.82, 2.24) is 0 Å². The maximum Gasteiger partial charge on any atom is 0.143 e. The van der Waals surface area contributed by atoms with Crippen molar-refractivity contribution >= 4 is 5.78 Å². The molecule has 1 aliphatic rings. The summed E-state index contributed by atoms with van der Waals surface area (Å²) in [5.74, 6) is 1.03. The van der Waals surface area contributed by atoms with Crippen LogP contribution in [0.25, 0.3) is 0 Å². The van der Waals surface area contributed by atoms with E-state index in [-0.39, 0.29) is 11.3 Å². The fourth-order valence-corrected chi connectivity index (χ4v) is 2.93. The second kappa shape index (κ2) is 5.23. The van der Waals surface area contributed by atoms with E-state index < -0.39 is 0 Å². The quantitative estimate of drug-likeness (QED) is 0.836. The van der Waals surface area contributed by atoms with Crippen molar-refractivity contribution in [3.05, 3.63) is 35.9 Å². The molecule has 2 heteroatoms. The van der Waals surface area contributed by atoms with Crippen LogP contribution in [0, 0.1) is 11.3 Å². The molecule has 0 radical (unpaired) electrons. The zero-order chi connectivity index (χ0) is 13.2. The molecule has 0 heterocycles. The Morgan fingerprint density at radius 3 is 2.39 bits per heavy atom. The van der Waals surface area contributed by atoms with Crippen molar-refractivity contribution in [2.75, 3.05) is 6.54 Å². The van der Waals surface area contributed by atoms with E-state index in [0.29, 0.717) is 18.2 Å². The molecule has 98 valence electrons. The van der Waals surface area contributed by atoms with Crippen LogP contribution in [-0.2, 0) is 4.79 Å². The lowest BCUT2D eigenvalue weighted by Crippen LogP contribution is -2.38. The van der Waals surface area contributed by atoms with Gasteiger partial charge in [-0.1, -0.05) is 44.2 Å². The molecule has 0 spiro atoms. The normalized spacial score (nSPS) is 22.8. The number of ketones is 1. The molecule has 2 N–H and O–H groups in total. The summed E-state index contributed by atoms with van der Waals surface area (Å²) in [4.78, 5) is 12.6. The summed E-state index contributed by atoms with van der Waals surface area (Å²) >= 11 is 0. The topological polar surface area (TPSA) is 43.1 Å². The molecule has 1 saturated carbocycles. The first-order valence-electron chi connectivity index (χ1n) is 6.98. The van der Waals surface area contributed by atoms with Crippen LogP contribution < -0.4 is 5.73 Å². The van der Waals surface area contributed by atoms with Crippen LogP contribution in [0.5, 0.6) is 0 Å². The van der Waals surface area contributed by atoms with E-state index in [1.165, 1.54) is 5.56 Å². The Kier molecular flexibility index (Phi) is 3.86. The van der Waals surface area contributed by atoms with Crippen molar-refractivity contribution in [2.24, 2.45) is 17.1 Å². The molecule has 0 amide bonds. The number of carbonyl (C=O) groups excluding carboxylic acids is 1. The Bertz CT molecular complexity index is 400. The first kappa shape index (κ1) is 13.3. The van der Waals surface area contributed by atoms with Gasteiger partial charge in [-0.25, -0.2) is 0 Å². The Hall–Kier alpha value is -1.15. The van der Waals surface area contributed by atoms with Crippen LogP contribution in [-0.4, -0.2) is 12.3 Å². The lowest BCUT2D eigenvalue weighted by molar-refractivity contribution is -0.130. The van der Waals surface area contributed by atoms with Crippen LogP contribution in [0.15, 0.2) is 30.3 Å².